The van der Waals surface area contributed by atoms with Crippen molar-refractivity contribution in [3.8, 4) is 0 Å². The summed E-state index contributed by atoms with van der Waals surface area (Å²) in [6.45, 7) is 10.4. The van der Waals surface area contributed by atoms with Crippen molar-refractivity contribution in [1.82, 2.24) is 42.1 Å². The third-order valence-electron chi connectivity index (χ3n) is 7.89. The van der Waals surface area contributed by atoms with E-state index in [0.29, 0.717) is 64.3 Å². The van der Waals surface area contributed by atoms with Crippen molar-refractivity contribution in [2.24, 2.45) is 11.5 Å². The summed E-state index contributed by atoms with van der Waals surface area (Å²) in [6.07, 6.45) is 4.60. The van der Waals surface area contributed by atoms with Crippen LogP contribution in [-0.2, 0) is 38.4 Å². The summed E-state index contributed by atoms with van der Waals surface area (Å²) in [5.41, 5.74) is 10.9. The fourth-order valence-corrected chi connectivity index (χ4v) is 5.34. The van der Waals surface area contributed by atoms with Gasteiger partial charge in [0.1, 0.15) is 19.1 Å². The highest BCUT2D eigenvalue weighted by Crippen LogP contribution is 2.05. The predicted octanol–water partition coefficient (Wildman–Crippen LogP) is -1.59. The first-order valence-corrected chi connectivity index (χ1v) is 18.6. The first kappa shape index (κ1) is 48.7. The average molecular weight is 755 g/mol. The molecule has 0 saturated carbocycles. The lowest BCUT2D eigenvalue weighted by Crippen LogP contribution is -2.48. The van der Waals surface area contributed by atoms with E-state index in [1.54, 1.807) is 0 Å². The highest BCUT2D eigenvalue weighted by molar-refractivity contribution is 5.90. The van der Waals surface area contributed by atoms with Crippen molar-refractivity contribution >= 4 is 47.3 Å². The summed E-state index contributed by atoms with van der Waals surface area (Å²) in [5, 5.41) is 19.6. The third-order valence-corrected chi connectivity index (χ3v) is 7.89. The van der Waals surface area contributed by atoms with Crippen LogP contribution in [0, 0.1) is 0 Å². The van der Waals surface area contributed by atoms with E-state index in [1.165, 1.54) is 13.8 Å². The molecule has 3 atom stereocenters. The molecule has 18 nitrogen and oxygen atoms in total. The van der Waals surface area contributed by atoms with Crippen LogP contribution in [0.15, 0.2) is 0 Å². The molecular formula is C35H66N10O8. The van der Waals surface area contributed by atoms with Gasteiger partial charge in [0, 0.05) is 58.5 Å². The van der Waals surface area contributed by atoms with E-state index < -0.39 is 72.6 Å². The Morgan fingerprint density at radius 2 is 0.943 bits per heavy atom. The lowest BCUT2D eigenvalue weighted by molar-refractivity contribution is -0.139. The first-order valence-electron chi connectivity index (χ1n) is 18.6. The molecule has 0 aliphatic carbocycles. The smallest absolute Gasteiger partial charge is 0.242 e. The number of hydrogen-bond donors (Lipinski definition) is 9. The van der Waals surface area contributed by atoms with Crippen LogP contribution in [0.4, 0.5) is 0 Å². The minimum atomic E-state index is -0.841. The van der Waals surface area contributed by atoms with E-state index in [0.717, 1.165) is 4.90 Å². The number of unbranched alkanes of at least 4 members (excludes halogenated alkanes) is 3. The molecule has 2 unspecified atom stereocenters. The van der Waals surface area contributed by atoms with Crippen LogP contribution in [0.5, 0.6) is 0 Å². The summed E-state index contributed by atoms with van der Waals surface area (Å²) in [7, 11) is 0. The number of amides is 8. The Kier molecular flexibility index (Phi) is 25.9. The van der Waals surface area contributed by atoms with Crippen molar-refractivity contribution < 1.29 is 38.4 Å². The molecule has 0 aromatic rings. The van der Waals surface area contributed by atoms with E-state index in [4.69, 9.17) is 11.5 Å². The largest absolute Gasteiger partial charge is 0.368 e. The molecule has 0 aromatic heterocycles. The average Bonchev–Trinajstić information content (AvgIpc) is 3.04. The van der Waals surface area contributed by atoms with Gasteiger partial charge >= 0.3 is 0 Å². The van der Waals surface area contributed by atoms with Gasteiger partial charge in [-0.05, 0) is 57.8 Å². The normalized spacial score (nSPS) is 12.7. The van der Waals surface area contributed by atoms with Gasteiger partial charge in [-0.2, -0.15) is 0 Å². The lowest BCUT2D eigenvalue weighted by Gasteiger charge is -2.23. The molecule has 304 valence electrons. The van der Waals surface area contributed by atoms with Crippen molar-refractivity contribution in [3.05, 3.63) is 0 Å². The topological polar surface area (TPSA) is 276 Å². The van der Waals surface area contributed by atoms with Crippen LogP contribution < -0.4 is 48.7 Å². The van der Waals surface area contributed by atoms with Gasteiger partial charge in [-0.3, -0.25) is 38.4 Å². The van der Waals surface area contributed by atoms with Gasteiger partial charge in [0.25, 0.3) is 0 Å². The van der Waals surface area contributed by atoms with E-state index in [-0.39, 0.29) is 44.0 Å². The second-order valence-electron chi connectivity index (χ2n) is 13.8. The SMILES string of the molecule is CC(=O)NCCCC[C@H](NC(C)=O)C(=O)NCCC(=O)N(CC(=O)NCCCCC(NC(C)C)C(N)=O)CC(=O)NCCCCC(NC(C)C)C(N)=O. The number of primary amides is 2. The lowest BCUT2D eigenvalue weighted by atomic mass is 10.1. The Hall–Kier alpha value is -4.32. The molecule has 8 amide bonds. The number of carbonyl (C=O) groups excluding carboxylic acids is 8. The number of hydrogen-bond acceptors (Lipinski definition) is 10. The summed E-state index contributed by atoms with van der Waals surface area (Å²) in [5.74, 6) is -3.46. The first-order chi connectivity index (χ1) is 24.9. The quantitative estimate of drug-likeness (QED) is 0.0379. The summed E-state index contributed by atoms with van der Waals surface area (Å²) in [6, 6.07) is -1.65. The van der Waals surface area contributed by atoms with Crippen molar-refractivity contribution in [3.63, 3.8) is 0 Å². The van der Waals surface area contributed by atoms with E-state index in [2.05, 4.69) is 37.2 Å². The monoisotopic (exact) mass is 755 g/mol. The minimum Gasteiger partial charge on any atom is -0.368 e. The van der Waals surface area contributed by atoms with E-state index in [1.807, 2.05) is 27.7 Å². The zero-order chi connectivity index (χ0) is 40.3. The van der Waals surface area contributed by atoms with Gasteiger partial charge in [0.2, 0.25) is 47.3 Å². The molecule has 0 bridgehead atoms. The number of nitrogens with one attached hydrogen (secondary N) is 7. The molecule has 0 saturated heterocycles. The molecule has 0 radical (unpaired) electrons. The molecule has 0 aromatic carbocycles. The fraction of sp³-hybridized carbons (Fsp3) is 0.771. The fourth-order valence-electron chi connectivity index (χ4n) is 5.34. The summed E-state index contributed by atoms with van der Waals surface area (Å²) in [4.78, 5) is 99.0. The molecular weight excluding hydrogens is 688 g/mol. The maximum absolute atomic E-state index is 13.3. The van der Waals surface area contributed by atoms with Crippen molar-refractivity contribution in [1.29, 1.82) is 0 Å². The molecule has 0 aliphatic heterocycles. The number of nitrogens with two attached hydrogens (primary N) is 2. The Bertz CT molecular complexity index is 1130. The molecule has 11 N–H and O–H groups in total. The molecule has 0 spiro atoms. The minimum absolute atomic E-state index is 0.0770. The summed E-state index contributed by atoms with van der Waals surface area (Å²) < 4.78 is 0. The van der Waals surface area contributed by atoms with Crippen LogP contribution in [0.2, 0.25) is 0 Å². The van der Waals surface area contributed by atoms with Gasteiger partial charge in [-0.1, -0.05) is 27.7 Å². The van der Waals surface area contributed by atoms with E-state index in [9.17, 15) is 38.4 Å². The van der Waals surface area contributed by atoms with Gasteiger partial charge in [-0.25, -0.2) is 0 Å². The van der Waals surface area contributed by atoms with Gasteiger partial charge in [0.05, 0.1) is 12.1 Å². The molecule has 18 heteroatoms. The van der Waals surface area contributed by atoms with Gasteiger partial charge in [-0.15, -0.1) is 0 Å². The maximum Gasteiger partial charge on any atom is 0.242 e. The van der Waals surface area contributed by atoms with Gasteiger partial charge in [0.15, 0.2) is 0 Å². The van der Waals surface area contributed by atoms with Crippen molar-refractivity contribution in [2.45, 2.75) is 136 Å². The number of rotatable bonds is 30. The van der Waals surface area contributed by atoms with Crippen LogP contribution in [0.25, 0.3) is 0 Å². The molecule has 0 heterocycles. The zero-order valence-electron chi connectivity index (χ0n) is 32.6. The number of carbonyl (C=O) groups is 8. The Morgan fingerprint density at radius 1 is 0.528 bits per heavy atom. The second-order valence-corrected chi connectivity index (χ2v) is 13.8. The standard InChI is InChI=1S/C35H66N10O8/c1-23(2)42-27(33(36)51)13-7-11-18-39-30(48)21-45(22-31(49)40-19-12-8-14-28(34(37)52)43-24(3)4)32(50)16-20-41-35(53)29(44-26(6)47)15-9-10-17-38-25(5)46/h23-24,27-29,42-43H,7-22H2,1-6H3,(H2,36,51)(H2,37,52)(H,38,46)(H,39,48)(H,40,49)(H,41,53)(H,44,47)/t27?,28?,29-/m0/s1. The van der Waals surface area contributed by atoms with Crippen LogP contribution in [0.3, 0.4) is 0 Å². The Morgan fingerprint density at radius 3 is 1.32 bits per heavy atom. The second kappa shape index (κ2) is 28.2. The zero-order valence-corrected chi connectivity index (χ0v) is 32.6. The summed E-state index contributed by atoms with van der Waals surface area (Å²) >= 11 is 0. The third kappa shape index (κ3) is 26.2. The molecule has 0 rings (SSSR count). The van der Waals surface area contributed by atoms with Crippen molar-refractivity contribution in [2.75, 3.05) is 39.3 Å². The highest BCUT2D eigenvalue weighted by Gasteiger charge is 2.23. The Labute approximate surface area is 314 Å². The predicted molar refractivity (Wildman–Crippen MR) is 201 cm³/mol. The highest BCUT2D eigenvalue weighted by atomic mass is 16.2. The van der Waals surface area contributed by atoms with E-state index >= 15 is 0 Å². The molecule has 53 heavy (non-hydrogen) atoms. The Balaban J connectivity index is 5.23. The van der Waals surface area contributed by atoms with Gasteiger partial charge < -0.3 is 53.6 Å². The van der Waals surface area contributed by atoms with Crippen LogP contribution in [0.1, 0.15) is 106 Å². The molecule has 0 fully saturated rings. The maximum atomic E-state index is 13.3. The molecule has 0 aliphatic rings. The van der Waals surface area contributed by atoms with Crippen LogP contribution in [-0.4, -0.2) is 122 Å². The number of nitrogens with zero attached hydrogens (tertiary/aromatic N) is 1. The van der Waals surface area contributed by atoms with Crippen LogP contribution >= 0.6 is 0 Å².